The van der Waals surface area contributed by atoms with Crippen LogP contribution >= 0.6 is 0 Å². The van der Waals surface area contributed by atoms with Gasteiger partial charge in [-0.15, -0.1) is 0 Å². The number of aliphatic carboxylic acids is 1. The first-order valence-corrected chi connectivity index (χ1v) is 10.2. The van der Waals surface area contributed by atoms with Gasteiger partial charge in [0.2, 0.25) is 0 Å². The molecule has 0 unspecified atom stereocenters. The van der Waals surface area contributed by atoms with Crippen LogP contribution in [0, 0.1) is 11.3 Å². The second kappa shape index (κ2) is 7.54. The summed E-state index contributed by atoms with van der Waals surface area (Å²) in [6.07, 6.45) is 1.76. The number of hydrogen-bond donors (Lipinski definition) is 2. The zero-order valence-electron chi connectivity index (χ0n) is 16.9. The van der Waals surface area contributed by atoms with Gasteiger partial charge < -0.3 is 15.2 Å². The molecule has 0 heterocycles. The van der Waals surface area contributed by atoms with E-state index in [-0.39, 0.29) is 17.9 Å². The molecule has 0 radical (unpaired) electrons. The summed E-state index contributed by atoms with van der Waals surface area (Å²) in [4.78, 5) is 23.9. The van der Waals surface area contributed by atoms with Gasteiger partial charge in [-0.1, -0.05) is 62.4 Å². The van der Waals surface area contributed by atoms with E-state index in [0.29, 0.717) is 12.3 Å². The number of nitrogens with one attached hydrogen (secondary N) is 1. The Labute approximate surface area is 171 Å². The predicted octanol–water partition coefficient (Wildman–Crippen LogP) is 4.80. The van der Waals surface area contributed by atoms with E-state index >= 15 is 0 Å². The second-order valence-corrected chi connectivity index (χ2v) is 9.03. The summed E-state index contributed by atoms with van der Waals surface area (Å²) in [6, 6.07) is 15.3. The molecule has 2 N–H and O–H groups in total. The molecule has 2 aromatic rings. The van der Waals surface area contributed by atoms with Crippen molar-refractivity contribution >= 4 is 12.1 Å². The van der Waals surface area contributed by atoms with Crippen LogP contribution in [0.2, 0.25) is 0 Å². The average Bonchev–Trinajstić information content (AvgIpc) is 2.98. The number of hydrogen-bond acceptors (Lipinski definition) is 3. The molecule has 1 saturated carbocycles. The van der Waals surface area contributed by atoms with Crippen molar-refractivity contribution in [3.8, 4) is 11.1 Å². The molecule has 0 saturated heterocycles. The van der Waals surface area contributed by atoms with E-state index < -0.39 is 18.1 Å². The van der Waals surface area contributed by atoms with E-state index in [9.17, 15) is 14.7 Å². The number of amides is 1. The number of alkyl carbamates (subject to hydrolysis) is 1. The number of ether oxygens (including phenoxy) is 1. The first-order valence-electron chi connectivity index (χ1n) is 10.2. The summed E-state index contributed by atoms with van der Waals surface area (Å²) in [5.41, 5.74) is 4.86. The van der Waals surface area contributed by atoms with Gasteiger partial charge in [-0.05, 0) is 52.8 Å². The van der Waals surface area contributed by atoms with Crippen LogP contribution < -0.4 is 5.32 Å². The Balaban J connectivity index is 1.38. The van der Waals surface area contributed by atoms with Crippen molar-refractivity contribution in [3.63, 3.8) is 0 Å². The van der Waals surface area contributed by atoms with Crippen molar-refractivity contribution in [2.45, 2.75) is 45.1 Å². The zero-order chi connectivity index (χ0) is 20.6. The van der Waals surface area contributed by atoms with Gasteiger partial charge in [-0.3, -0.25) is 0 Å². The van der Waals surface area contributed by atoms with Crippen LogP contribution in [0.25, 0.3) is 11.1 Å². The highest BCUT2D eigenvalue weighted by atomic mass is 16.5. The monoisotopic (exact) mass is 393 g/mol. The van der Waals surface area contributed by atoms with Crippen LogP contribution in [0.1, 0.15) is 50.2 Å². The molecule has 1 amide bonds. The van der Waals surface area contributed by atoms with Crippen LogP contribution in [0.15, 0.2) is 48.5 Å². The molecule has 5 heteroatoms. The van der Waals surface area contributed by atoms with E-state index in [2.05, 4.69) is 43.4 Å². The van der Waals surface area contributed by atoms with Crippen LogP contribution in [0.5, 0.6) is 0 Å². The van der Waals surface area contributed by atoms with Gasteiger partial charge in [0, 0.05) is 5.92 Å². The minimum absolute atomic E-state index is 0.0381. The fraction of sp³-hybridized carbons (Fsp3) is 0.417. The summed E-state index contributed by atoms with van der Waals surface area (Å²) < 4.78 is 5.48. The Bertz CT molecular complexity index is 882. The van der Waals surface area contributed by atoms with Crippen LogP contribution in [-0.4, -0.2) is 29.8 Å². The van der Waals surface area contributed by atoms with Crippen molar-refractivity contribution in [3.05, 3.63) is 59.7 Å². The van der Waals surface area contributed by atoms with Crippen molar-refractivity contribution in [2.75, 3.05) is 6.61 Å². The quantitative estimate of drug-likeness (QED) is 0.739. The average molecular weight is 393 g/mol. The molecule has 0 spiro atoms. The van der Waals surface area contributed by atoms with Crippen LogP contribution in [0.3, 0.4) is 0 Å². The standard InChI is InChI=1S/C24H27NO4/c1-24(2)12-15(13-24)11-21(22(26)27)25-23(28)29-14-20-18-9-5-3-7-16(18)17-8-4-6-10-19(17)20/h3-10,15,20-21H,11-14H2,1-2H3,(H,25,28)(H,26,27)/t21-/m1/s1. The molecule has 2 aliphatic carbocycles. The number of rotatable bonds is 6. The third-order valence-electron chi connectivity index (χ3n) is 6.19. The second-order valence-electron chi connectivity index (χ2n) is 9.03. The lowest BCUT2D eigenvalue weighted by Crippen LogP contribution is -2.45. The van der Waals surface area contributed by atoms with E-state index in [1.165, 1.54) is 0 Å². The van der Waals surface area contributed by atoms with Crippen molar-refractivity contribution in [1.82, 2.24) is 5.32 Å². The van der Waals surface area contributed by atoms with Crippen LogP contribution in [-0.2, 0) is 9.53 Å². The third-order valence-corrected chi connectivity index (χ3v) is 6.19. The third kappa shape index (κ3) is 4.00. The normalized spacial score (nSPS) is 18.3. The summed E-state index contributed by atoms with van der Waals surface area (Å²) in [5.74, 6) is -0.716. The smallest absolute Gasteiger partial charge is 0.407 e. The van der Waals surface area contributed by atoms with Gasteiger partial charge in [0.15, 0.2) is 0 Å². The highest BCUT2D eigenvalue weighted by molar-refractivity contribution is 5.81. The van der Waals surface area contributed by atoms with Crippen molar-refractivity contribution in [2.24, 2.45) is 11.3 Å². The Morgan fingerprint density at radius 3 is 2.14 bits per heavy atom. The summed E-state index contributed by atoms with van der Waals surface area (Å²) in [6.45, 7) is 4.54. The summed E-state index contributed by atoms with van der Waals surface area (Å²) in [7, 11) is 0. The molecule has 1 atom stereocenters. The molecule has 4 rings (SSSR count). The van der Waals surface area contributed by atoms with Crippen molar-refractivity contribution in [1.29, 1.82) is 0 Å². The molecular formula is C24H27NO4. The molecule has 152 valence electrons. The Morgan fingerprint density at radius 1 is 1.07 bits per heavy atom. The number of benzene rings is 2. The first kappa shape index (κ1) is 19.5. The zero-order valence-corrected chi connectivity index (χ0v) is 16.9. The molecule has 5 nitrogen and oxygen atoms in total. The lowest BCUT2D eigenvalue weighted by Gasteiger charge is -2.43. The first-order chi connectivity index (χ1) is 13.8. The molecular weight excluding hydrogens is 366 g/mol. The topological polar surface area (TPSA) is 75.6 Å². The van der Waals surface area contributed by atoms with Gasteiger partial charge in [0.1, 0.15) is 12.6 Å². The summed E-state index contributed by atoms with van der Waals surface area (Å²) >= 11 is 0. The van der Waals surface area contributed by atoms with Gasteiger partial charge >= 0.3 is 12.1 Å². The Morgan fingerprint density at radius 2 is 1.62 bits per heavy atom. The molecule has 0 aliphatic heterocycles. The highest BCUT2D eigenvalue weighted by Crippen LogP contribution is 2.47. The maximum atomic E-state index is 12.4. The minimum Gasteiger partial charge on any atom is -0.480 e. The van der Waals surface area contributed by atoms with Crippen molar-refractivity contribution < 1.29 is 19.4 Å². The number of fused-ring (bicyclic) bond motifs is 3. The molecule has 2 aromatic carbocycles. The largest absolute Gasteiger partial charge is 0.480 e. The van der Waals surface area contributed by atoms with Gasteiger partial charge in [-0.2, -0.15) is 0 Å². The van der Waals surface area contributed by atoms with Gasteiger partial charge in [0.05, 0.1) is 0 Å². The molecule has 0 bridgehead atoms. The Hall–Kier alpha value is -2.82. The summed E-state index contributed by atoms with van der Waals surface area (Å²) in [5, 5.41) is 12.0. The van der Waals surface area contributed by atoms with Gasteiger partial charge in [-0.25, -0.2) is 9.59 Å². The maximum absolute atomic E-state index is 12.4. The molecule has 2 aliphatic rings. The lowest BCUT2D eigenvalue weighted by molar-refractivity contribution is -0.140. The SMILES string of the molecule is CC1(C)CC(C[C@@H](NC(=O)OCC2c3ccccc3-c3ccccc32)C(=O)O)C1. The van der Waals surface area contributed by atoms with Gasteiger partial charge in [0.25, 0.3) is 0 Å². The Kier molecular flexibility index (Phi) is 5.07. The molecule has 0 aromatic heterocycles. The fourth-order valence-corrected chi connectivity index (χ4v) is 5.01. The van der Waals surface area contributed by atoms with E-state index in [1.807, 2.05) is 24.3 Å². The lowest BCUT2D eigenvalue weighted by atomic mass is 9.63. The maximum Gasteiger partial charge on any atom is 0.407 e. The molecule has 1 fully saturated rings. The predicted molar refractivity (Wildman–Crippen MR) is 111 cm³/mol. The van der Waals surface area contributed by atoms with E-state index in [4.69, 9.17) is 4.74 Å². The van der Waals surface area contributed by atoms with E-state index in [1.54, 1.807) is 0 Å². The van der Waals surface area contributed by atoms with E-state index in [0.717, 1.165) is 35.1 Å². The number of carboxylic acid groups (broad SMARTS) is 1. The number of carbonyl (C=O) groups is 2. The highest BCUT2D eigenvalue weighted by Gasteiger charge is 2.39. The fourth-order valence-electron chi connectivity index (χ4n) is 5.01. The number of carboxylic acids is 1. The molecule has 29 heavy (non-hydrogen) atoms. The minimum atomic E-state index is -1.01. The number of carbonyl (C=O) groups excluding carboxylic acids is 1. The van der Waals surface area contributed by atoms with Crippen LogP contribution in [0.4, 0.5) is 4.79 Å².